The van der Waals surface area contributed by atoms with Crippen molar-refractivity contribution in [2.75, 3.05) is 12.3 Å². The number of nitrogens with zero attached hydrogens (tertiary/aromatic N) is 4. The topological polar surface area (TPSA) is 129 Å². The van der Waals surface area contributed by atoms with Crippen LogP contribution in [-0.4, -0.2) is 54.7 Å². The summed E-state index contributed by atoms with van der Waals surface area (Å²) in [5.41, 5.74) is 6.59. The van der Waals surface area contributed by atoms with Crippen LogP contribution in [0.4, 0.5) is 5.82 Å². The normalized spacial score (nSPS) is 25.3. The maximum absolute atomic E-state index is 10.4. The molecule has 0 amide bonds. The average molecular weight is 410 g/mol. The van der Waals surface area contributed by atoms with Gasteiger partial charge in [-0.2, -0.15) is 0 Å². The van der Waals surface area contributed by atoms with Crippen LogP contribution in [-0.2, 0) is 8.92 Å². The highest BCUT2D eigenvalue weighted by Crippen LogP contribution is 2.33. The fourth-order valence-corrected chi connectivity index (χ4v) is 3.52. The zero-order chi connectivity index (χ0) is 19.0. The van der Waals surface area contributed by atoms with Gasteiger partial charge in [0.2, 0.25) is 0 Å². The summed E-state index contributed by atoms with van der Waals surface area (Å²) in [6.45, 7) is 0.0752. The number of aliphatic hydroxyl groups excluding tert-OH is 2. The SMILES string of the molecule is Nc1ncnc2c1ncn2[C@@H]1O[C@H](COSc2ccc(Cl)cc2)[C@@H](O)[C@H]1O. The van der Waals surface area contributed by atoms with Crippen molar-refractivity contribution >= 4 is 40.6 Å². The van der Waals surface area contributed by atoms with E-state index in [1.165, 1.54) is 17.2 Å². The molecule has 1 aliphatic rings. The Kier molecular flexibility index (Phi) is 5.17. The van der Waals surface area contributed by atoms with Crippen molar-refractivity contribution in [2.24, 2.45) is 0 Å². The van der Waals surface area contributed by atoms with E-state index < -0.39 is 24.5 Å². The summed E-state index contributed by atoms with van der Waals surface area (Å²) < 4.78 is 12.9. The van der Waals surface area contributed by atoms with E-state index in [-0.39, 0.29) is 12.4 Å². The zero-order valence-electron chi connectivity index (χ0n) is 13.8. The number of nitrogens with two attached hydrogens (primary N) is 1. The molecule has 1 saturated heterocycles. The summed E-state index contributed by atoms with van der Waals surface area (Å²) in [5.74, 6) is 0.228. The minimum absolute atomic E-state index is 0.0752. The van der Waals surface area contributed by atoms with Crippen LogP contribution in [0.15, 0.2) is 41.8 Å². The summed E-state index contributed by atoms with van der Waals surface area (Å²) in [5, 5.41) is 21.4. The number of fused-ring (bicyclic) bond motifs is 1. The summed E-state index contributed by atoms with van der Waals surface area (Å²) in [6, 6.07) is 7.15. The number of hydrogen-bond acceptors (Lipinski definition) is 9. The highest BCUT2D eigenvalue weighted by atomic mass is 35.5. The summed E-state index contributed by atoms with van der Waals surface area (Å²) in [4.78, 5) is 13.0. The third-order valence-electron chi connectivity index (χ3n) is 4.20. The van der Waals surface area contributed by atoms with Gasteiger partial charge in [0.25, 0.3) is 0 Å². The quantitative estimate of drug-likeness (QED) is 0.535. The van der Waals surface area contributed by atoms with Gasteiger partial charge < -0.3 is 24.9 Å². The Hall–Kier alpha value is -1.95. The van der Waals surface area contributed by atoms with Gasteiger partial charge in [-0.25, -0.2) is 15.0 Å². The molecule has 1 aromatic carbocycles. The van der Waals surface area contributed by atoms with Gasteiger partial charge in [-0.1, -0.05) is 11.6 Å². The Bertz CT molecular complexity index is 940. The molecule has 3 aromatic rings. The van der Waals surface area contributed by atoms with Gasteiger partial charge in [0, 0.05) is 22.0 Å². The van der Waals surface area contributed by atoms with E-state index >= 15 is 0 Å². The number of aliphatic hydroxyl groups is 2. The fraction of sp³-hybridized carbons (Fsp3) is 0.312. The molecule has 3 heterocycles. The molecule has 4 rings (SSSR count). The monoisotopic (exact) mass is 409 g/mol. The number of ether oxygens (including phenoxy) is 1. The number of nitrogen functional groups attached to an aromatic ring is 1. The van der Waals surface area contributed by atoms with Gasteiger partial charge in [-0.05, 0) is 24.3 Å². The standard InChI is InChI=1S/C16H16ClN5O4S/c17-8-1-3-9(4-2-8)27-25-5-10-12(23)13(24)16(26-10)22-7-21-11-14(18)19-6-20-15(11)22/h1-4,6-7,10,12-13,16,23-24H,5H2,(H2,18,19,20)/t10-,12-,13-,16-/m1/s1. The van der Waals surface area contributed by atoms with Crippen LogP contribution in [0.1, 0.15) is 6.23 Å². The third kappa shape index (κ3) is 3.59. The number of imidazole rings is 1. The molecule has 0 spiro atoms. The predicted molar refractivity (Wildman–Crippen MR) is 98.9 cm³/mol. The molecule has 1 aliphatic heterocycles. The Morgan fingerprint density at radius 1 is 1.19 bits per heavy atom. The highest BCUT2D eigenvalue weighted by Gasteiger charge is 2.44. The van der Waals surface area contributed by atoms with Crippen molar-refractivity contribution in [2.45, 2.75) is 29.4 Å². The molecular formula is C16H16ClN5O4S. The number of rotatable bonds is 5. The lowest BCUT2D eigenvalue weighted by molar-refractivity contribution is -0.0454. The van der Waals surface area contributed by atoms with Crippen LogP contribution in [0.2, 0.25) is 5.02 Å². The summed E-state index contributed by atoms with van der Waals surface area (Å²) in [7, 11) is 0. The Morgan fingerprint density at radius 3 is 2.74 bits per heavy atom. The fourth-order valence-electron chi connectivity index (χ4n) is 2.81. The summed E-state index contributed by atoms with van der Waals surface area (Å²) in [6.07, 6.45) is -1.14. The Balaban J connectivity index is 1.44. The van der Waals surface area contributed by atoms with Crippen molar-refractivity contribution in [1.82, 2.24) is 19.5 Å². The maximum atomic E-state index is 10.4. The first-order valence-corrected chi connectivity index (χ1v) is 9.16. The van der Waals surface area contributed by atoms with Crippen LogP contribution in [0, 0.1) is 0 Å². The molecule has 27 heavy (non-hydrogen) atoms. The first-order chi connectivity index (χ1) is 13.0. The number of hydrogen-bond donors (Lipinski definition) is 3. The van der Waals surface area contributed by atoms with Gasteiger partial charge in [-0.15, -0.1) is 0 Å². The van der Waals surface area contributed by atoms with Crippen LogP contribution >= 0.6 is 23.6 Å². The number of aromatic nitrogens is 4. The lowest BCUT2D eigenvalue weighted by atomic mass is 10.1. The first-order valence-electron chi connectivity index (χ1n) is 8.04. The van der Waals surface area contributed by atoms with Crippen LogP contribution in [0.5, 0.6) is 0 Å². The van der Waals surface area contributed by atoms with E-state index in [9.17, 15) is 10.2 Å². The number of halogens is 1. The second-order valence-electron chi connectivity index (χ2n) is 5.95. The van der Waals surface area contributed by atoms with Gasteiger partial charge in [0.1, 0.15) is 30.2 Å². The molecule has 4 N–H and O–H groups in total. The Morgan fingerprint density at radius 2 is 1.96 bits per heavy atom. The minimum Gasteiger partial charge on any atom is -0.387 e. The van der Waals surface area contributed by atoms with E-state index in [2.05, 4.69) is 15.0 Å². The molecule has 11 heteroatoms. The van der Waals surface area contributed by atoms with Gasteiger partial charge >= 0.3 is 0 Å². The highest BCUT2D eigenvalue weighted by molar-refractivity contribution is 7.94. The van der Waals surface area contributed by atoms with E-state index in [4.69, 9.17) is 26.3 Å². The second-order valence-corrected chi connectivity index (χ2v) is 7.26. The number of benzene rings is 1. The molecule has 0 bridgehead atoms. The molecule has 0 radical (unpaired) electrons. The van der Waals surface area contributed by atoms with E-state index in [0.29, 0.717) is 16.2 Å². The molecule has 9 nitrogen and oxygen atoms in total. The molecule has 0 saturated carbocycles. The minimum atomic E-state index is -1.17. The van der Waals surface area contributed by atoms with E-state index in [1.54, 1.807) is 12.1 Å². The largest absolute Gasteiger partial charge is 0.387 e. The molecule has 142 valence electrons. The lowest BCUT2D eigenvalue weighted by Crippen LogP contribution is -2.33. The van der Waals surface area contributed by atoms with Crippen LogP contribution < -0.4 is 5.73 Å². The molecule has 0 unspecified atom stereocenters. The molecule has 0 aliphatic carbocycles. The molecule has 2 aromatic heterocycles. The predicted octanol–water partition coefficient (Wildman–Crippen LogP) is 1.40. The lowest BCUT2D eigenvalue weighted by Gasteiger charge is -2.16. The Labute approximate surface area is 163 Å². The third-order valence-corrected chi connectivity index (χ3v) is 5.17. The van der Waals surface area contributed by atoms with Crippen molar-refractivity contribution in [3.05, 3.63) is 41.9 Å². The van der Waals surface area contributed by atoms with Crippen molar-refractivity contribution < 1.29 is 19.1 Å². The first kappa shape index (κ1) is 18.4. The van der Waals surface area contributed by atoms with Gasteiger partial charge in [0.05, 0.1) is 12.9 Å². The summed E-state index contributed by atoms with van der Waals surface area (Å²) >= 11 is 6.98. The maximum Gasteiger partial charge on any atom is 0.167 e. The van der Waals surface area contributed by atoms with Gasteiger partial charge in [0.15, 0.2) is 17.7 Å². The van der Waals surface area contributed by atoms with Crippen molar-refractivity contribution in [3.8, 4) is 0 Å². The van der Waals surface area contributed by atoms with Crippen LogP contribution in [0.3, 0.4) is 0 Å². The van der Waals surface area contributed by atoms with Gasteiger partial charge in [-0.3, -0.25) is 4.57 Å². The second kappa shape index (κ2) is 7.58. The average Bonchev–Trinajstić information content (AvgIpc) is 3.21. The molecule has 1 fully saturated rings. The van der Waals surface area contributed by atoms with Crippen LogP contribution in [0.25, 0.3) is 11.2 Å². The zero-order valence-corrected chi connectivity index (χ0v) is 15.4. The van der Waals surface area contributed by atoms with E-state index in [1.807, 2.05) is 12.1 Å². The molecule has 4 atom stereocenters. The van der Waals surface area contributed by atoms with Crippen molar-refractivity contribution in [3.63, 3.8) is 0 Å². The number of anilines is 1. The molecular weight excluding hydrogens is 394 g/mol. The van der Waals surface area contributed by atoms with Crippen molar-refractivity contribution in [1.29, 1.82) is 0 Å². The smallest absolute Gasteiger partial charge is 0.167 e. The van der Waals surface area contributed by atoms with E-state index in [0.717, 1.165) is 16.9 Å².